The van der Waals surface area contributed by atoms with E-state index in [1.165, 1.54) is 0 Å². The van der Waals surface area contributed by atoms with E-state index in [4.69, 9.17) is 12.2 Å². The van der Waals surface area contributed by atoms with Gasteiger partial charge in [-0.2, -0.15) is 0 Å². The van der Waals surface area contributed by atoms with E-state index < -0.39 is 0 Å². The number of nitrogens with zero attached hydrogens (tertiary/aromatic N) is 2. The van der Waals surface area contributed by atoms with Crippen LogP contribution in [0.15, 0.2) is 24.5 Å². The third-order valence-corrected chi connectivity index (χ3v) is 1.41. The summed E-state index contributed by atoms with van der Waals surface area (Å²) >= 11 is 4.70. The summed E-state index contributed by atoms with van der Waals surface area (Å²) in [7, 11) is 1.90. The van der Waals surface area contributed by atoms with Crippen molar-refractivity contribution in [2.45, 2.75) is 0 Å². The molecule has 0 saturated heterocycles. The minimum absolute atomic E-state index is 1.58. The van der Waals surface area contributed by atoms with Gasteiger partial charge in [-0.15, -0.1) is 0 Å². The summed E-state index contributed by atoms with van der Waals surface area (Å²) in [6.07, 6.45) is 3.87. The van der Waals surface area contributed by atoms with E-state index in [-0.39, 0.29) is 0 Å². The van der Waals surface area contributed by atoms with Crippen molar-refractivity contribution in [1.82, 2.24) is 4.68 Å². The fourth-order valence-electron chi connectivity index (χ4n) is 0.590. The van der Waals surface area contributed by atoms with Crippen molar-refractivity contribution in [3.8, 4) is 0 Å². The van der Waals surface area contributed by atoms with Crippen molar-refractivity contribution in [3.05, 3.63) is 24.5 Å². The Labute approximate surface area is 59.7 Å². The van der Waals surface area contributed by atoms with Crippen molar-refractivity contribution < 1.29 is 0 Å². The van der Waals surface area contributed by atoms with E-state index in [0.29, 0.717) is 0 Å². The molecule has 0 aromatic carbocycles. The van der Waals surface area contributed by atoms with E-state index in [1.54, 1.807) is 5.49 Å². The summed E-state index contributed by atoms with van der Waals surface area (Å²) in [5.41, 5.74) is 1.58. The second-order valence-corrected chi connectivity index (χ2v) is 1.95. The van der Waals surface area contributed by atoms with Gasteiger partial charge < -0.3 is 0 Å². The van der Waals surface area contributed by atoms with Crippen LogP contribution in [0, 0.1) is 0 Å². The van der Waals surface area contributed by atoms with Crippen LogP contribution in [0.2, 0.25) is 0 Å². The molecule has 0 unspecified atom stereocenters. The van der Waals surface area contributed by atoms with Gasteiger partial charge in [0.2, 0.25) is 0 Å². The first-order valence-electron chi connectivity index (χ1n) is 2.66. The first kappa shape index (κ1) is 6.29. The Hall–Kier alpha value is -0.830. The monoisotopic (exact) mass is 140 g/mol. The molecular weight excluding hydrogens is 132 g/mol. The lowest BCUT2D eigenvalue weighted by Gasteiger charge is -2.12. The fraction of sp³-hybridized carbons (Fsp3) is 0.167. The number of thiocarbonyl (C=S) groups is 1. The van der Waals surface area contributed by atoms with E-state index in [2.05, 4.69) is 0 Å². The van der Waals surface area contributed by atoms with Gasteiger partial charge in [-0.1, -0.05) is 12.2 Å². The van der Waals surface area contributed by atoms with Crippen molar-refractivity contribution in [1.29, 1.82) is 0 Å². The van der Waals surface area contributed by atoms with Crippen LogP contribution in [0.1, 0.15) is 0 Å². The molecule has 0 aliphatic heterocycles. The molecule has 48 valence electrons. The van der Waals surface area contributed by atoms with Crippen LogP contribution < -0.4 is 5.01 Å². The maximum Gasteiger partial charge on any atom is 0.0842 e. The largest absolute Gasteiger partial charge is 0.281 e. The molecule has 9 heavy (non-hydrogen) atoms. The minimum Gasteiger partial charge on any atom is -0.281 e. The van der Waals surface area contributed by atoms with Gasteiger partial charge in [-0.25, -0.2) is 0 Å². The molecule has 0 aliphatic carbocycles. The van der Waals surface area contributed by atoms with Crippen LogP contribution in [0.4, 0.5) is 0 Å². The van der Waals surface area contributed by atoms with E-state index in [9.17, 15) is 0 Å². The molecule has 2 nitrogen and oxygen atoms in total. The smallest absolute Gasteiger partial charge is 0.0842 e. The molecule has 1 rings (SSSR count). The zero-order valence-corrected chi connectivity index (χ0v) is 6.01. The van der Waals surface area contributed by atoms with Crippen LogP contribution >= 0.6 is 12.2 Å². The standard InChI is InChI=1S/C6H8N2S/c1-7(6-9)8-4-2-3-5-8/h2-6H,1H3. The van der Waals surface area contributed by atoms with Crippen LogP contribution in [0.3, 0.4) is 0 Å². The molecule has 0 aliphatic rings. The highest BCUT2D eigenvalue weighted by atomic mass is 32.1. The molecule has 0 radical (unpaired) electrons. The average Bonchev–Trinajstić information content (AvgIpc) is 2.37. The first-order valence-corrected chi connectivity index (χ1v) is 3.13. The lowest BCUT2D eigenvalue weighted by molar-refractivity contribution is 0.822. The lowest BCUT2D eigenvalue weighted by atomic mass is 10.7. The number of hydrogen-bond acceptors (Lipinski definition) is 1. The predicted molar refractivity (Wildman–Crippen MR) is 42.2 cm³/mol. The maximum atomic E-state index is 4.70. The molecule has 0 saturated carbocycles. The molecule has 1 aromatic heterocycles. The Bertz CT molecular complexity index is 181. The molecule has 0 fully saturated rings. The summed E-state index contributed by atoms with van der Waals surface area (Å²) in [5, 5.41) is 1.81. The summed E-state index contributed by atoms with van der Waals surface area (Å²) in [5.74, 6) is 0. The van der Waals surface area contributed by atoms with Gasteiger partial charge in [-0.3, -0.25) is 9.69 Å². The predicted octanol–water partition coefficient (Wildman–Crippen LogP) is 1.01. The van der Waals surface area contributed by atoms with Crippen LogP contribution in [-0.2, 0) is 0 Å². The van der Waals surface area contributed by atoms with Crippen molar-refractivity contribution in [3.63, 3.8) is 0 Å². The highest BCUT2D eigenvalue weighted by Crippen LogP contribution is 1.87. The number of rotatable bonds is 2. The Morgan fingerprint density at radius 1 is 1.44 bits per heavy atom. The maximum absolute atomic E-state index is 4.70. The molecular formula is C6H8N2S. The molecule has 0 amide bonds. The molecule has 0 spiro atoms. The summed E-state index contributed by atoms with van der Waals surface area (Å²) < 4.78 is 1.90. The average molecular weight is 140 g/mol. The Kier molecular flexibility index (Phi) is 1.85. The molecule has 1 heterocycles. The highest BCUT2D eigenvalue weighted by Gasteiger charge is 1.87. The van der Waals surface area contributed by atoms with Gasteiger partial charge in [0.25, 0.3) is 0 Å². The lowest BCUT2D eigenvalue weighted by Crippen LogP contribution is -2.25. The van der Waals surface area contributed by atoms with E-state index in [1.807, 2.05) is 41.3 Å². The van der Waals surface area contributed by atoms with Gasteiger partial charge in [0, 0.05) is 19.4 Å². The van der Waals surface area contributed by atoms with Gasteiger partial charge in [0.05, 0.1) is 5.49 Å². The Balaban J connectivity index is 2.76. The van der Waals surface area contributed by atoms with Gasteiger partial charge in [0.1, 0.15) is 0 Å². The third-order valence-electron chi connectivity index (χ3n) is 1.11. The zero-order chi connectivity index (χ0) is 6.69. The summed E-state index contributed by atoms with van der Waals surface area (Å²) in [4.78, 5) is 0. The van der Waals surface area contributed by atoms with Gasteiger partial charge in [-0.05, 0) is 12.1 Å². The fourth-order valence-corrected chi connectivity index (χ4v) is 0.699. The summed E-state index contributed by atoms with van der Waals surface area (Å²) in [6.45, 7) is 0. The second kappa shape index (κ2) is 2.64. The van der Waals surface area contributed by atoms with Crippen LogP contribution in [0.5, 0.6) is 0 Å². The SMILES string of the molecule is CN(C=S)n1cccc1. The van der Waals surface area contributed by atoms with Crippen molar-refractivity contribution in [2.75, 3.05) is 12.1 Å². The molecule has 3 heteroatoms. The van der Waals surface area contributed by atoms with E-state index in [0.717, 1.165) is 0 Å². The Morgan fingerprint density at radius 2 is 2.00 bits per heavy atom. The molecule has 1 aromatic rings. The minimum atomic E-state index is 1.58. The molecule has 0 N–H and O–H groups in total. The number of aromatic nitrogens is 1. The first-order chi connectivity index (χ1) is 4.34. The molecule has 0 atom stereocenters. The van der Waals surface area contributed by atoms with Crippen LogP contribution in [-0.4, -0.2) is 17.2 Å². The second-order valence-electron chi connectivity index (χ2n) is 1.74. The zero-order valence-electron chi connectivity index (χ0n) is 5.19. The van der Waals surface area contributed by atoms with Crippen molar-refractivity contribution in [2.24, 2.45) is 0 Å². The van der Waals surface area contributed by atoms with Crippen LogP contribution in [0.25, 0.3) is 0 Å². The van der Waals surface area contributed by atoms with E-state index >= 15 is 0 Å². The van der Waals surface area contributed by atoms with Gasteiger partial charge in [0.15, 0.2) is 0 Å². The summed E-state index contributed by atoms with van der Waals surface area (Å²) in [6, 6.07) is 3.91. The quantitative estimate of drug-likeness (QED) is 0.566. The van der Waals surface area contributed by atoms with Gasteiger partial charge >= 0.3 is 0 Å². The topological polar surface area (TPSA) is 8.17 Å². The third kappa shape index (κ3) is 1.29. The van der Waals surface area contributed by atoms with Crippen molar-refractivity contribution >= 4 is 17.7 Å². The number of hydrogen-bond donors (Lipinski definition) is 0. The highest BCUT2D eigenvalue weighted by molar-refractivity contribution is 7.79. The molecule has 0 bridgehead atoms. The normalized spacial score (nSPS) is 9.00. The Morgan fingerprint density at radius 3 is 2.44 bits per heavy atom.